The van der Waals surface area contributed by atoms with Crippen molar-refractivity contribution in [3.05, 3.63) is 0 Å². The number of hydrogen-bond acceptors (Lipinski definition) is 3. The zero-order valence-electron chi connectivity index (χ0n) is 8.16. The van der Waals surface area contributed by atoms with Crippen LogP contribution in [0.2, 0.25) is 0 Å². The molecular formula is C9H18N2OS. The SMILES string of the molecule is CSCCCN1CCCC(N)C1=O. The lowest BCUT2D eigenvalue weighted by Crippen LogP contribution is -2.48. The summed E-state index contributed by atoms with van der Waals surface area (Å²) in [5, 5.41) is 0. The second-order valence-corrected chi connectivity index (χ2v) is 4.41. The van der Waals surface area contributed by atoms with Crippen molar-refractivity contribution in [3.63, 3.8) is 0 Å². The van der Waals surface area contributed by atoms with Gasteiger partial charge in [0.2, 0.25) is 5.91 Å². The van der Waals surface area contributed by atoms with Gasteiger partial charge in [0.05, 0.1) is 6.04 Å². The van der Waals surface area contributed by atoms with Gasteiger partial charge >= 0.3 is 0 Å². The van der Waals surface area contributed by atoms with Gasteiger partial charge < -0.3 is 10.6 Å². The first-order valence-corrected chi connectivity index (χ1v) is 6.18. The zero-order valence-corrected chi connectivity index (χ0v) is 8.98. The van der Waals surface area contributed by atoms with Gasteiger partial charge in [0.1, 0.15) is 0 Å². The molecule has 1 saturated heterocycles. The van der Waals surface area contributed by atoms with Gasteiger partial charge in [-0.1, -0.05) is 0 Å². The molecule has 1 atom stereocenters. The Morgan fingerprint density at radius 3 is 3.15 bits per heavy atom. The Hall–Kier alpha value is -0.220. The van der Waals surface area contributed by atoms with Gasteiger partial charge in [-0.3, -0.25) is 4.79 Å². The minimum Gasteiger partial charge on any atom is -0.341 e. The third-order valence-corrected chi connectivity index (χ3v) is 3.05. The number of nitrogens with zero attached hydrogens (tertiary/aromatic N) is 1. The molecule has 1 rings (SSSR count). The normalized spacial score (nSPS) is 23.7. The van der Waals surface area contributed by atoms with E-state index in [4.69, 9.17) is 5.73 Å². The molecule has 1 heterocycles. The predicted molar refractivity (Wildman–Crippen MR) is 56.8 cm³/mol. The van der Waals surface area contributed by atoms with E-state index in [0.29, 0.717) is 0 Å². The van der Waals surface area contributed by atoms with Crippen LogP contribution < -0.4 is 5.73 Å². The van der Waals surface area contributed by atoms with Crippen molar-refractivity contribution in [2.24, 2.45) is 5.73 Å². The quantitative estimate of drug-likeness (QED) is 0.682. The number of carbonyl (C=O) groups is 1. The summed E-state index contributed by atoms with van der Waals surface area (Å²) in [6.07, 6.45) is 5.09. The number of carbonyl (C=O) groups excluding carboxylic acids is 1. The lowest BCUT2D eigenvalue weighted by molar-refractivity contribution is -0.134. The van der Waals surface area contributed by atoms with Crippen LogP contribution in [0.4, 0.5) is 0 Å². The molecule has 1 aliphatic heterocycles. The fourth-order valence-electron chi connectivity index (χ4n) is 1.59. The van der Waals surface area contributed by atoms with Crippen LogP contribution in [-0.4, -0.2) is 41.9 Å². The van der Waals surface area contributed by atoms with E-state index in [2.05, 4.69) is 6.26 Å². The average molecular weight is 202 g/mol. The maximum atomic E-state index is 11.5. The number of piperidine rings is 1. The van der Waals surface area contributed by atoms with Gasteiger partial charge in [-0.15, -0.1) is 0 Å². The van der Waals surface area contributed by atoms with Gasteiger partial charge in [-0.25, -0.2) is 0 Å². The molecule has 1 aliphatic rings. The molecule has 0 spiro atoms. The summed E-state index contributed by atoms with van der Waals surface area (Å²) in [7, 11) is 0. The number of likely N-dealkylation sites (tertiary alicyclic amines) is 1. The fourth-order valence-corrected chi connectivity index (χ4v) is 2.01. The first-order chi connectivity index (χ1) is 6.25. The summed E-state index contributed by atoms with van der Waals surface area (Å²) in [5.74, 6) is 1.27. The molecular weight excluding hydrogens is 184 g/mol. The summed E-state index contributed by atoms with van der Waals surface area (Å²) < 4.78 is 0. The predicted octanol–water partition coefficient (Wildman–Crippen LogP) is 0.689. The van der Waals surface area contributed by atoms with E-state index in [-0.39, 0.29) is 11.9 Å². The summed E-state index contributed by atoms with van der Waals surface area (Å²) in [6.45, 7) is 1.79. The van der Waals surface area contributed by atoms with Crippen LogP contribution in [0, 0.1) is 0 Å². The average Bonchev–Trinajstić information content (AvgIpc) is 2.13. The van der Waals surface area contributed by atoms with Crippen LogP contribution in [0.5, 0.6) is 0 Å². The second kappa shape index (κ2) is 5.50. The molecule has 4 heteroatoms. The smallest absolute Gasteiger partial charge is 0.239 e. The molecule has 13 heavy (non-hydrogen) atoms. The second-order valence-electron chi connectivity index (χ2n) is 3.42. The van der Waals surface area contributed by atoms with Crippen molar-refractivity contribution in [2.45, 2.75) is 25.3 Å². The van der Waals surface area contributed by atoms with Crippen LogP contribution in [0.15, 0.2) is 0 Å². The number of rotatable bonds is 4. The van der Waals surface area contributed by atoms with E-state index >= 15 is 0 Å². The van der Waals surface area contributed by atoms with Gasteiger partial charge in [-0.05, 0) is 31.3 Å². The molecule has 3 nitrogen and oxygen atoms in total. The van der Waals surface area contributed by atoms with Crippen LogP contribution >= 0.6 is 11.8 Å². The molecule has 1 amide bonds. The summed E-state index contributed by atoms with van der Waals surface area (Å²) >= 11 is 1.82. The Morgan fingerprint density at radius 1 is 1.69 bits per heavy atom. The molecule has 0 aliphatic carbocycles. The minimum absolute atomic E-state index is 0.146. The van der Waals surface area contributed by atoms with Gasteiger partial charge in [-0.2, -0.15) is 11.8 Å². The highest BCUT2D eigenvalue weighted by Crippen LogP contribution is 2.10. The van der Waals surface area contributed by atoms with Gasteiger partial charge in [0.15, 0.2) is 0 Å². The lowest BCUT2D eigenvalue weighted by atomic mass is 10.1. The largest absolute Gasteiger partial charge is 0.341 e. The minimum atomic E-state index is -0.233. The lowest BCUT2D eigenvalue weighted by Gasteiger charge is -2.30. The van der Waals surface area contributed by atoms with Crippen LogP contribution in [0.25, 0.3) is 0 Å². The number of amides is 1. The van der Waals surface area contributed by atoms with E-state index < -0.39 is 0 Å². The fraction of sp³-hybridized carbons (Fsp3) is 0.889. The van der Waals surface area contributed by atoms with Crippen molar-refractivity contribution < 1.29 is 4.79 Å². The number of thioether (sulfide) groups is 1. The molecule has 76 valence electrons. The molecule has 0 saturated carbocycles. The third kappa shape index (κ3) is 3.19. The first-order valence-electron chi connectivity index (χ1n) is 4.79. The molecule has 0 radical (unpaired) electrons. The molecule has 0 bridgehead atoms. The topological polar surface area (TPSA) is 46.3 Å². The molecule has 0 aromatic heterocycles. The summed E-state index contributed by atoms with van der Waals surface area (Å²) in [4.78, 5) is 13.4. The van der Waals surface area contributed by atoms with Gasteiger partial charge in [0.25, 0.3) is 0 Å². The molecule has 1 fully saturated rings. The summed E-state index contributed by atoms with van der Waals surface area (Å²) in [5.41, 5.74) is 5.68. The van der Waals surface area contributed by atoms with Crippen molar-refractivity contribution in [3.8, 4) is 0 Å². The van der Waals surface area contributed by atoms with Crippen molar-refractivity contribution in [1.29, 1.82) is 0 Å². The first kappa shape index (κ1) is 10.9. The van der Waals surface area contributed by atoms with E-state index in [0.717, 1.165) is 38.1 Å². The Bertz CT molecular complexity index is 175. The van der Waals surface area contributed by atoms with Crippen LogP contribution in [0.3, 0.4) is 0 Å². The Labute approximate surface area is 84.0 Å². The molecule has 0 aromatic rings. The maximum absolute atomic E-state index is 11.5. The van der Waals surface area contributed by atoms with E-state index in [9.17, 15) is 4.79 Å². The monoisotopic (exact) mass is 202 g/mol. The Morgan fingerprint density at radius 2 is 2.46 bits per heavy atom. The molecule has 0 aromatic carbocycles. The maximum Gasteiger partial charge on any atom is 0.239 e. The molecule has 2 N–H and O–H groups in total. The van der Waals surface area contributed by atoms with Crippen molar-refractivity contribution >= 4 is 17.7 Å². The molecule has 1 unspecified atom stereocenters. The van der Waals surface area contributed by atoms with E-state index in [1.807, 2.05) is 16.7 Å². The van der Waals surface area contributed by atoms with E-state index in [1.165, 1.54) is 0 Å². The van der Waals surface area contributed by atoms with Crippen molar-refractivity contribution in [2.75, 3.05) is 25.1 Å². The standard InChI is InChI=1S/C9H18N2OS/c1-13-7-3-6-11-5-2-4-8(10)9(11)12/h8H,2-7,10H2,1H3. The van der Waals surface area contributed by atoms with Crippen LogP contribution in [-0.2, 0) is 4.79 Å². The highest BCUT2D eigenvalue weighted by atomic mass is 32.2. The number of hydrogen-bond donors (Lipinski definition) is 1. The summed E-state index contributed by atoms with van der Waals surface area (Å²) in [6, 6.07) is -0.233. The van der Waals surface area contributed by atoms with Crippen molar-refractivity contribution in [1.82, 2.24) is 4.90 Å². The van der Waals surface area contributed by atoms with Crippen LogP contribution in [0.1, 0.15) is 19.3 Å². The van der Waals surface area contributed by atoms with Gasteiger partial charge in [0, 0.05) is 13.1 Å². The van der Waals surface area contributed by atoms with E-state index in [1.54, 1.807) is 0 Å². The highest BCUT2D eigenvalue weighted by molar-refractivity contribution is 7.98. The third-order valence-electron chi connectivity index (χ3n) is 2.35. The highest BCUT2D eigenvalue weighted by Gasteiger charge is 2.24. The number of nitrogens with two attached hydrogens (primary N) is 1. The Balaban J connectivity index is 2.27. The Kier molecular flexibility index (Phi) is 4.59. The zero-order chi connectivity index (χ0) is 9.68.